The molecule has 5 nitrogen and oxygen atoms in total. The second-order valence-corrected chi connectivity index (χ2v) is 8.50. The summed E-state index contributed by atoms with van der Waals surface area (Å²) in [5.41, 5.74) is 2.68. The Kier molecular flexibility index (Phi) is 6.48. The number of hydrogen-bond donors (Lipinski definition) is 1. The molecule has 0 saturated carbocycles. The zero-order valence-corrected chi connectivity index (χ0v) is 17.0. The summed E-state index contributed by atoms with van der Waals surface area (Å²) in [5.74, 6) is -0.211. The quantitative estimate of drug-likeness (QED) is 0.733. The van der Waals surface area contributed by atoms with Crippen molar-refractivity contribution in [2.24, 2.45) is 5.92 Å². The molecule has 146 valence electrons. The van der Waals surface area contributed by atoms with Gasteiger partial charge in [0.2, 0.25) is 0 Å². The first-order chi connectivity index (χ1) is 13.5. The monoisotopic (exact) mass is 396 g/mol. The van der Waals surface area contributed by atoms with Gasteiger partial charge in [-0.25, -0.2) is 0 Å². The van der Waals surface area contributed by atoms with Gasteiger partial charge in [-0.2, -0.15) is 5.26 Å². The molecule has 0 aliphatic heterocycles. The van der Waals surface area contributed by atoms with E-state index >= 15 is 0 Å². The molecule has 0 saturated heterocycles. The number of nitrogens with one attached hydrogen (secondary N) is 1. The molecule has 2 aromatic rings. The van der Waals surface area contributed by atoms with Gasteiger partial charge in [-0.15, -0.1) is 11.3 Å². The summed E-state index contributed by atoms with van der Waals surface area (Å²) < 4.78 is 5.13. The summed E-state index contributed by atoms with van der Waals surface area (Å²) in [6.07, 6.45) is 3.09. The Morgan fingerprint density at radius 1 is 1.36 bits per heavy atom. The Hall–Kier alpha value is -2.65. The molecule has 1 heterocycles. The molecule has 0 radical (unpaired) electrons. The van der Waals surface area contributed by atoms with Crippen LogP contribution in [0.4, 0.5) is 5.00 Å². The molecule has 0 bridgehead atoms. The molecule has 1 aromatic heterocycles. The topological polar surface area (TPSA) is 79.2 Å². The van der Waals surface area contributed by atoms with E-state index in [1.165, 1.54) is 16.2 Å². The number of carbonyl (C=O) groups excluding carboxylic acids is 2. The van der Waals surface area contributed by atoms with Crippen molar-refractivity contribution in [2.75, 3.05) is 11.9 Å². The van der Waals surface area contributed by atoms with Crippen LogP contribution in [0.3, 0.4) is 0 Å². The molecule has 1 N–H and O–H groups in total. The highest BCUT2D eigenvalue weighted by Gasteiger charge is 2.25. The van der Waals surface area contributed by atoms with Gasteiger partial charge in [-0.3, -0.25) is 9.59 Å². The Labute approximate surface area is 169 Å². The molecular formula is C22H24N2O3S. The van der Waals surface area contributed by atoms with Gasteiger partial charge < -0.3 is 10.1 Å². The van der Waals surface area contributed by atoms with Gasteiger partial charge in [-0.05, 0) is 42.2 Å². The number of amides is 1. The summed E-state index contributed by atoms with van der Waals surface area (Å²) in [5, 5.41) is 12.8. The van der Waals surface area contributed by atoms with Gasteiger partial charge in [0, 0.05) is 4.88 Å². The smallest absolute Gasteiger partial charge is 0.306 e. The molecule has 1 aliphatic rings. The van der Waals surface area contributed by atoms with Crippen LogP contribution in [0.15, 0.2) is 30.3 Å². The molecule has 1 aliphatic carbocycles. The van der Waals surface area contributed by atoms with E-state index in [1.54, 1.807) is 0 Å². The van der Waals surface area contributed by atoms with Gasteiger partial charge in [-0.1, -0.05) is 44.2 Å². The summed E-state index contributed by atoms with van der Waals surface area (Å²) >= 11 is 1.47. The van der Waals surface area contributed by atoms with Gasteiger partial charge in [0.1, 0.15) is 11.1 Å². The Morgan fingerprint density at radius 2 is 2.11 bits per heavy atom. The average Bonchev–Trinajstić information content (AvgIpc) is 3.02. The fraction of sp³-hybridized carbons (Fsp3) is 0.409. The fourth-order valence-corrected chi connectivity index (χ4v) is 4.85. The van der Waals surface area contributed by atoms with Gasteiger partial charge in [0.25, 0.3) is 5.91 Å². The summed E-state index contributed by atoms with van der Waals surface area (Å²) in [4.78, 5) is 25.5. The molecule has 1 aromatic carbocycles. The van der Waals surface area contributed by atoms with E-state index in [2.05, 4.69) is 18.3 Å². The van der Waals surface area contributed by atoms with Crippen LogP contribution in [0, 0.1) is 17.2 Å². The first-order valence-corrected chi connectivity index (χ1v) is 10.3. The maximum Gasteiger partial charge on any atom is 0.306 e. The van der Waals surface area contributed by atoms with Gasteiger partial charge in [0.15, 0.2) is 6.61 Å². The van der Waals surface area contributed by atoms with Crippen molar-refractivity contribution < 1.29 is 14.3 Å². The third kappa shape index (κ3) is 4.79. The lowest BCUT2D eigenvalue weighted by atomic mass is 9.89. The van der Waals surface area contributed by atoms with E-state index < -0.39 is 11.9 Å². The van der Waals surface area contributed by atoms with Crippen LogP contribution < -0.4 is 5.32 Å². The lowest BCUT2D eigenvalue weighted by Gasteiger charge is -2.17. The van der Waals surface area contributed by atoms with Crippen LogP contribution in [0.5, 0.6) is 0 Å². The predicted octanol–water partition coefficient (Wildman–Crippen LogP) is 4.42. The SMILES string of the molecule is C[C@H]1CCc2c(sc(NC(=O)COC(=O)C[C@H](C)c3ccccc3)c2C#N)C1. The molecular weight excluding hydrogens is 372 g/mol. The standard InChI is InChI=1S/C22H24N2O3S/c1-14-8-9-17-18(12-23)22(28-19(17)10-14)24-20(25)13-27-21(26)11-15(2)16-6-4-3-5-7-16/h3-7,14-15H,8-11,13H2,1-2H3,(H,24,25)/t14-,15-/m0/s1. The van der Waals surface area contributed by atoms with E-state index in [0.29, 0.717) is 16.5 Å². The van der Waals surface area contributed by atoms with E-state index in [1.807, 2.05) is 37.3 Å². The highest BCUT2D eigenvalue weighted by atomic mass is 32.1. The molecule has 6 heteroatoms. The summed E-state index contributed by atoms with van der Waals surface area (Å²) in [6.45, 7) is 3.81. The molecule has 3 rings (SSSR count). The lowest BCUT2D eigenvalue weighted by molar-refractivity contribution is -0.147. The number of ether oxygens (including phenoxy) is 1. The summed E-state index contributed by atoms with van der Waals surface area (Å²) in [7, 11) is 0. The average molecular weight is 397 g/mol. The number of benzene rings is 1. The number of carbonyl (C=O) groups is 2. The second kappa shape index (κ2) is 9.03. The van der Waals surface area contributed by atoms with E-state index in [4.69, 9.17) is 4.74 Å². The third-order valence-corrected chi connectivity index (χ3v) is 6.25. The van der Waals surface area contributed by atoms with Crippen molar-refractivity contribution in [2.45, 2.75) is 45.4 Å². The first-order valence-electron chi connectivity index (χ1n) is 9.53. The van der Waals surface area contributed by atoms with Gasteiger partial charge in [0.05, 0.1) is 12.0 Å². The minimum absolute atomic E-state index is 0.0213. The minimum Gasteiger partial charge on any atom is -0.456 e. The van der Waals surface area contributed by atoms with Crippen molar-refractivity contribution in [3.05, 3.63) is 51.9 Å². The minimum atomic E-state index is -0.413. The Bertz CT molecular complexity index is 898. The van der Waals surface area contributed by atoms with E-state index in [-0.39, 0.29) is 18.9 Å². The van der Waals surface area contributed by atoms with Crippen molar-refractivity contribution in [3.63, 3.8) is 0 Å². The maximum absolute atomic E-state index is 12.2. The second-order valence-electron chi connectivity index (χ2n) is 7.39. The fourth-order valence-electron chi connectivity index (χ4n) is 3.47. The molecule has 0 spiro atoms. The largest absolute Gasteiger partial charge is 0.456 e. The van der Waals surface area contributed by atoms with Crippen LogP contribution in [-0.2, 0) is 27.2 Å². The van der Waals surface area contributed by atoms with Crippen molar-refractivity contribution in [3.8, 4) is 6.07 Å². The Morgan fingerprint density at radius 3 is 2.82 bits per heavy atom. The lowest BCUT2D eigenvalue weighted by Crippen LogP contribution is -2.21. The van der Waals surface area contributed by atoms with Crippen LogP contribution >= 0.6 is 11.3 Å². The maximum atomic E-state index is 12.2. The predicted molar refractivity (Wildman–Crippen MR) is 109 cm³/mol. The van der Waals surface area contributed by atoms with Crippen LogP contribution in [0.1, 0.15) is 54.2 Å². The first kappa shape index (κ1) is 20.1. The van der Waals surface area contributed by atoms with Crippen molar-refractivity contribution in [1.82, 2.24) is 0 Å². The number of nitrogens with zero attached hydrogens (tertiary/aromatic N) is 1. The van der Waals surface area contributed by atoms with Crippen LogP contribution in [0.25, 0.3) is 0 Å². The van der Waals surface area contributed by atoms with Crippen molar-refractivity contribution in [1.29, 1.82) is 5.26 Å². The number of anilines is 1. The Balaban J connectivity index is 1.53. The molecule has 0 fully saturated rings. The number of fused-ring (bicyclic) bond motifs is 1. The zero-order chi connectivity index (χ0) is 20.1. The zero-order valence-electron chi connectivity index (χ0n) is 16.2. The normalized spacial score (nSPS) is 16.5. The molecule has 2 atom stereocenters. The number of esters is 1. The van der Waals surface area contributed by atoms with Crippen LogP contribution in [-0.4, -0.2) is 18.5 Å². The highest BCUT2D eigenvalue weighted by Crippen LogP contribution is 2.39. The van der Waals surface area contributed by atoms with Crippen LogP contribution in [0.2, 0.25) is 0 Å². The number of rotatable bonds is 6. The number of thiophene rings is 1. The molecule has 28 heavy (non-hydrogen) atoms. The number of hydrogen-bond acceptors (Lipinski definition) is 5. The van der Waals surface area contributed by atoms with Gasteiger partial charge >= 0.3 is 5.97 Å². The molecule has 1 amide bonds. The highest BCUT2D eigenvalue weighted by molar-refractivity contribution is 7.16. The van der Waals surface area contributed by atoms with Crippen molar-refractivity contribution >= 4 is 28.2 Å². The van der Waals surface area contributed by atoms with E-state index in [9.17, 15) is 14.9 Å². The number of nitriles is 1. The summed E-state index contributed by atoms with van der Waals surface area (Å²) in [6, 6.07) is 11.9. The van der Waals surface area contributed by atoms with E-state index in [0.717, 1.165) is 30.4 Å². The molecule has 0 unspecified atom stereocenters. The third-order valence-electron chi connectivity index (χ3n) is 5.08.